The van der Waals surface area contributed by atoms with Crippen LogP contribution in [0.2, 0.25) is 0 Å². The van der Waals surface area contributed by atoms with E-state index in [0.29, 0.717) is 13.0 Å². The van der Waals surface area contributed by atoms with Crippen molar-refractivity contribution in [2.45, 2.75) is 20.0 Å². The van der Waals surface area contributed by atoms with Crippen LogP contribution in [-0.4, -0.2) is 16.7 Å². The highest BCUT2D eigenvalue weighted by molar-refractivity contribution is 5.39. The molecule has 1 heterocycles. The summed E-state index contributed by atoms with van der Waals surface area (Å²) in [4.78, 5) is 4.30. The fraction of sp³-hybridized carbons (Fsp3) is 0.235. The highest BCUT2D eigenvalue weighted by atomic mass is 16.5. The molecule has 102 valence electrons. The van der Waals surface area contributed by atoms with Crippen LogP contribution in [0.25, 0.3) is 0 Å². The van der Waals surface area contributed by atoms with E-state index >= 15 is 0 Å². The van der Waals surface area contributed by atoms with E-state index in [1.165, 1.54) is 0 Å². The van der Waals surface area contributed by atoms with Gasteiger partial charge in [0, 0.05) is 18.2 Å². The number of aliphatic hydroxyl groups excluding tert-OH is 1. The van der Waals surface area contributed by atoms with Gasteiger partial charge in [-0.05, 0) is 36.8 Å². The maximum atomic E-state index is 8.70. The number of benzene rings is 1. The van der Waals surface area contributed by atoms with Crippen molar-refractivity contribution in [1.29, 1.82) is 0 Å². The van der Waals surface area contributed by atoms with Crippen LogP contribution in [0.15, 0.2) is 42.6 Å². The van der Waals surface area contributed by atoms with E-state index in [0.717, 1.165) is 22.6 Å². The van der Waals surface area contributed by atoms with Gasteiger partial charge in [0.2, 0.25) is 0 Å². The second-order valence-corrected chi connectivity index (χ2v) is 4.36. The van der Waals surface area contributed by atoms with Crippen LogP contribution < -0.4 is 4.74 Å². The van der Waals surface area contributed by atoms with E-state index < -0.39 is 0 Å². The number of hydrogen-bond donors (Lipinski definition) is 1. The molecule has 0 spiro atoms. The lowest BCUT2D eigenvalue weighted by molar-refractivity contribution is 0.300. The van der Waals surface area contributed by atoms with Crippen molar-refractivity contribution in [3.63, 3.8) is 0 Å². The van der Waals surface area contributed by atoms with Crippen LogP contribution >= 0.6 is 0 Å². The Morgan fingerprint density at radius 2 is 2.15 bits per heavy atom. The monoisotopic (exact) mass is 267 g/mol. The summed E-state index contributed by atoms with van der Waals surface area (Å²) in [6.07, 6.45) is 2.25. The largest absolute Gasteiger partial charge is 0.487 e. The Bertz CT molecular complexity index is 626. The molecule has 1 aromatic heterocycles. The van der Waals surface area contributed by atoms with E-state index in [9.17, 15) is 0 Å². The van der Waals surface area contributed by atoms with Crippen molar-refractivity contribution in [3.8, 4) is 17.6 Å². The van der Waals surface area contributed by atoms with Gasteiger partial charge in [-0.2, -0.15) is 0 Å². The molecule has 1 aromatic carbocycles. The number of ether oxygens (including phenoxy) is 1. The lowest BCUT2D eigenvalue weighted by Crippen LogP contribution is -2.00. The maximum Gasteiger partial charge on any atom is 0.130 e. The molecule has 1 N–H and O–H groups in total. The molecule has 0 bridgehead atoms. The van der Waals surface area contributed by atoms with Gasteiger partial charge in [-0.15, -0.1) is 0 Å². The molecule has 0 saturated heterocycles. The van der Waals surface area contributed by atoms with Crippen LogP contribution in [0.1, 0.15) is 23.2 Å². The summed E-state index contributed by atoms with van der Waals surface area (Å²) in [5.74, 6) is 6.65. The Hall–Kier alpha value is -2.31. The lowest BCUT2D eigenvalue weighted by Gasteiger charge is -2.07. The molecule has 3 heteroatoms. The molecule has 0 radical (unpaired) electrons. The number of pyridine rings is 1. The summed E-state index contributed by atoms with van der Waals surface area (Å²) >= 11 is 0. The number of aryl methyl sites for hydroxylation is 1. The zero-order valence-corrected chi connectivity index (χ0v) is 11.5. The third-order valence-electron chi connectivity index (χ3n) is 2.80. The number of hydrogen-bond acceptors (Lipinski definition) is 3. The molecule has 20 heavy (non-hydrogen) atoms. The van der Waals surface area contributed by atoms with E-state index in [1.807, 2.05) is 43.3 Å². The predicted molar refractivity (Wildman–Crippen MR) is 78.3 cm³/mol. The normalized spacial score (nSPS) is 9.70. The first-order valence-corrected chi connectivity index (χ1v) is 6.52. The van der Waals surface area contributed by atoms with Gasteiger partial charge in [0.1, 0.15) is 12.4 Å². The Morgan fingerprint density at radius 3 is 2.95 bits per heavy atom. The lowest BCUT2D eigenvalue weighted by atomic mass is 10.2. The van der Waals surface area contributed by atoms with Crippen LogP contribution in [0.5, 0.6) is 5.75 Å². The molecule has 0 atom stereocenters. The number of rotatable bonds is 4. The molecule has 3 nitrogen and oxygen atoms in total. The smallest absolute Gasteiger partial charge is 0.130 e. The molecular weight excluding hydrogens is 250 g/mol. The quantitative estimate of drug-likeness (QED) is 0.866. The molecule has 0 amide bonds. The van der Waals surface area contributed by atoms with Gasteiger partial charge in [0.15, 0.2) is 0 Å². The summed E-state index contributed by atoms with van der Waals surface area (Å²) in [5, 5.41) is 8.70. The fourth-order valence-corrected chi connectivity index (χ4v) is 1.71. The van der Waals surface area contributed by atoms with Crippen molar-refractivity contribution in [2.24, 2.45) is 0 Å². The van der Waals surface area contributed by atoms with Gasteiger partial charge in [-0.1, -0.05) is 24.0 Å². The first kappa shape index (κ1) is 14.1. The zero-order valence-electron chi connectivity index (χ0n) is 11.5. The SMILES string of the molecule is Cc1cccnc1COc1cccc(C#CCCO)c1. The topological polar surface area (TPSA) is 42.4 Å². The van der Waals surface area contributed by atoms with Crippen molar-refractivity contribution in [1.82, 2.24) is 4.98 Å². The number of aliphatic hydroxyl groups is 1. The first-order chi connectivity index (χ1) is 9.79. The van der Waals surface area contributed by atoms with Crippen LogP contribution in [0.3, 0.4) is 0 Å². The molecule has 0 fully saturated rings. The highest BCUT2D eigenvalue weighted by Gasteiger charge is 2.00. The summed E-state index contributed by atoms with van der Waals surface area (Å²) in [6, 6.07) is 11.5. The zero-order chi connectivity index (χ0) is 14.2. The summed E-state index contributed by atoms with van der Waals surface area (Å²) in [6.45, 7) is 2.55. The van der Waals surface area contributed by atoms with E-state index in [4.69, 9.17) is 9.84 Å². The Labute approximate surface area is 119 Å². The molecule has 0 unspecified atom stereocenters. The van der Waals surface area contributed by atoms with Crippen molar-refractivity contribution in [2.75, 3.05) is 6.61 Å². The predicted octanol–water partition coefficient (Wildman–Crippen LogP) is 2.70. The molecular formula is C17H17NO2. The average Bonchev–Trinajstić information content (AvgIpc) is 2.47. The maximum absolute atomic E-state index is 8.70. The van der Waals surface area contributed by atoms with Gasteiger partial charge in [0.25, 0.3) is 0 Å². The Kier molecular flexibility index (Phi) is 5.16. The Balaban J connectivity index is 2.02. The summed E-state index contributed by atoms with van der Waals surface area (Å²) in [5.41, 5.74) is 2.93. The fourth-order valence-electron chi connectivity index (χ4n) is 1.71. The first-order valence-electron chi connectivity index (χ1n) is 6.52. The molecule has 0 aliphatic carbocycles. The molecule has 0 saturated carbocycles. The van der Waals surface area contributed by atoms with Gasteiger partial charge in [-0.25, -0.2) is 0 Å². The molecule has 0 aliphatic heterocycles. The molecule has 0 aliphatic rings. The van der Waals surface area contributed by atoms with E-state index in [2.05, 4.69) is 16.8 Å². The third-order valence-corrected chi connectivity index (χ3v) is 2.80. The standard InChI is InChI=1S/C17H17NO2/c1-14-6-5-10-18-17(14)13-20-16-9-4-8-15(12-16)7-2-3-11-19/h4-6,8-10,12,19H,3,11,13H2,1H3. The minimum atomic E-state index is 0.0855. The van der Waals surface area contributed by atoms with Crippen LogP contribution in [-0.2, 0) is 6.61 Å². The van der Waals surface area contributed by atoms with E-state index in [-0.39, 0.29) is 6.61 Å². The van der Waals surface area contributed by atoms with Crippen molar-refractivity contribution >= 4 is 0 Å². The second-order valence-electron chi connectivity index (χ2n) is 4.36. The Morgan fingerprint density at radius 1 is 1.25 bits per heavy atom. The van der Waals surface area contributed by atoms with Crippen molar-refractivity contribution in [3.05, 3.63) is 59.4 Å². The summed E-state index contributed by atoms with van der Waals surface area (Å²) < 4.78 is 5.74. The highest BCUT2D eigenvalue weighted by Crippen LogP contribution is 2.15. The number of nitrogens with zero attached hydrogens (tertiary/aromatic N) is 1. The van der Waals surface area contributed by atoms with Gasteiger partial charge < -0.3 is 9.84 Å². The van der Waals surface area contributed by atoms with Gasteiger partial charge in [0.05, 0.1) is 12.3 Å². The van der Waals surface area contributed by atoms with Gasteiger partial charge >= 0.3 is 0 Å². The van der Waals surface area contributed by atoms with Crippen LogP contribution in [0.4, 0.5) is 0 Å². The minimum Gasteiger partial charge on any atom is -0.487 e. The second kappa shape index (κ2) is 7.32. The molecule has 2 rings (SSSR count). The van der Waals surface area contributed by atoms with E-state index in [1.54, 1.807) is 6.20 Å². The molecule has 2 aromatic rings. The van der Waals surface area contributed by atoms with Crippen molar-refractivity contribution < 1.29 is 9.84 Å². The van der Waals surface area contributed by atoms with Crippen LogP contribution in [0, 0.1) is 18.8 Å². The van der Waals surface area contributed by atoms with Gasteiger partial charge in [-0.3, -0.25) is 4.98 Å². The minimum absolute atomic E-state index is 0.0855. The number of aromatic nitrogens is 1. The average molecular weight is 267 g/mol. The summed E-state index contributed by atoms with van der Waals surface area (Å²) in [7, 11) is 0. The third kappa shape index (κ3) is 4.11.